The van der Waals surface area contributed by atoms with Crippen LogP contribution in [0.2, 0.25) is 0 Å². The number of anilines is 2. The minimum Gasteiger partial charge on any atom is -0.368 e. The molecule has 0 unspecified atom stereocenters. The van der Waals surface area contributed by atoms with E-state index in [4.69, 9.17) is 4.98 Å². The normalized spacial score (nSPS) is 15.0. The molecule has 5 rings (SSSR count). The Morgan fingerprint density at radius 1 is 0.889 bits per heavy atom. The van der Waals surface area contributed by atoms with Crippen LogP contribution in [0.1, 0.15) is 11.1 Å². The molecule has 0 atom stereocenters. The zero-order valence-corrected chi connectivity index (χ0v) is 15.6. The molecule has 0 amide bonds. The second-order valence-electron chi connectivity index (χ2n) is 7.21. The lowest BCUT2D eigenvalue weighted by atomic mass is 10.1. The maximum absolute atomic E-state index is 4.91. The molecule has 0 aliphatic carbocycles. The van der Waals surface area contributed by atoms with Crippen LogP contribution in [0.4, 0.5) is 11.5 Å². The van der Waals surface area contributed by atoms with Gasteiger partial charge in [-0.1, -0.05) is 24.3 Å². The Hall–Kier alpha value is -3.15. The maximum atomic E-state index is 4.91. The lowest BCUT2D eigenvalue weighted by Gasteiger charge is -2.37. The first kappa shape index (κ1) is 16.1. The largest absolute Gasteiger partial charge is 0.368 e. The van der Waals surface area contributed by atoms with Crippen LogP contribution in [-0.4, -0.2) is 45.8 Å². The molecule has 0 radical (unpaired) electrons. The van der Waals surface area contributed by atoms with Crippen molar-refractivity contribution in [1.29, 1.82) is 0 Å². The Morgan fingerprint density at radius 3 is 2.52 bits per heavy atom. The van der Waals surface area contributed by atoms with E-state index < -0.39 is 0 Å². The second-order valence-corrected chi connectivity index (χ2v) is 7.21. The predicted octanol–water partition coefficient (Wildman–Crippen LogP) is 3.22. The van der Waals surface area contributed by atoms with Crippen LogP contribution >= 0.6 is 0 Å². The fourth-order valence-electron chi connectivity index (χ4n) is 3.92. The van der Waals surface area contributed by atoms with E-state index in [2.05, 4.69) is 58.1 Å². The van der Waals surface area contributed by atoms with E-state index >= 15 is 0 Å². The van der Waals surface area contributed by atoms with Crippen molar-refractivity contribution in [3.63, 3.8) is 0 Å². The smallest absolute Gasteiger partial charge is 0.204 e. The summed E-state index contributed by atoms with van der Waals surface area (Å²) in [4.78, 5) is 9.72. The molecule has 2 aromatic heterocycles. The van der Waals surface area contributed by atoms with E-state index in [1.54, 1.807) is 6.33 Å². The molecule has 27 heavy (non-hydrogen) atoms. The third kappa shape index (κ3) is 2.68. The van der Waals surface area contributed by atoms with Crippen LogP contribution < -0.4 is 9.80 Å². The average Bonchev–Trinajstić information content (AvgIpc) is 3.20. The number of benzene rings is 2. The quantitative estimate of drug-likeness (QED) is 0.551. The molecule has 6 nitrogen and oxygen atoms in total. The average molecular weight is 358 g/mol. The molecule has 3 heterocycles. The number of aromatic nitrogens is 4. The van der Waals surface area contributed by atoms with Gasteiger partial charge in [-0.15, -0.1) is 10.2 Å². The summed E-state index contributed by atoms with van der Waals surface area (Å²) in [6.07, 6.45) is 1.77. The number of para-hydroxylation sites is 2. The highest BCUT2D eigenvalue weighted by molar-refractivity contribution is 5.83. The van der Waals surface area contributed by atoms with Crippen LogP contribution in [0, 0.1) is 13.8 Å². The highest BCUT2D eigenvalue weighted by Gasteiger charge is 2.23. The minimum absolute atomic E-state index is 0.828. The van der Waals surface area contributed by atoms with Gasteiger partial charge in [0.2, 0.25) is 5.65 Å². The SMILES string of the molecule is Cc1ccc(C)c(N2CCN(c3nc4ccccc4n4cnnc34)CC2)c1. The number of aryl methyl sites for hydroxylation is 2. The molecule has 1 saturated heterocycles. The molecule has 1 aliphatic rings. The molecule has 0 bridgehead atoms. The monoisotopic (exact) mass is 358 g/mol. The third-order valence-electron chi connectivity index (χ3n) is 5.40. The van der Waals surface area contributed by atoms with Gasteiger partial charge in [0.15, 0.2) is 5.82 Å². The molecule has 2 aromatic carbocycles. The number of hydrogen-bond donors (Lipinski definition) is 0. The Balaban J connectivity index is 1.47. The van der Waals surface area contributed by atoms with Gasteiger partial charge in [0.1, 0.15) is 6.33 Å². The fraction of sp³-hybridized carbons (Fsp3) is 0.286. The highest BCUT2D eigenvalue weighted by atomic mass is 15.3. The first-order valence-electron chi connectivity index (χ1n) is 9.36. The lowest BCUT2D eigenvalue weighted by molar-refractivity contribution is 0.647. The van der Waals surface area contributed by atoms with E-state index in [-0.39, 0.29) is 0 Å². The molecule has 136 valence electrons. The Kier molecular flexibility index (Phi) is 3.70. The van der Waals surface area contributed by atoms with Gasteiger partial charge in [0.05, 0.1) is 11.0 Å². The number of fused-ring (bicyclic) bond motifs is 3. The van der Waals surface area contributed by atoms with Gasteiger partial charge in [-0.3, -0.25) is 4.40 Å². The molecule has 0 N–H and O–H groups in total. The minimum atomic E-state index is 0.828. The number of hydrogen-bond acceptors (Lipinski definition) is 5. The second kappa shape index (κ2) is 6.23. The van der Waals surface area contributed by atoms with Crippen LogP contribution in [0.15, 0.2) is 48.8 Å². The summed E-state index contributed by atoms with van der Waals surface area (Å²) in [5.74, 6) is 0.923. The lowest BCUT2D eigenvalue weighted by Crippen LogP contribution is -2.47. The summed E-state index contributed by atoms with van der Waals surface area (Å²) < 4.78 is 2.04. The first-order chi connectivity index (χ1) is 13.2. The van der Waals surface area contributed by atoms with Crippen molar-refractivity contribution < 1.29 is 0 Å². The zero-order valence-electron chi connectivity index (χ0n) is 15.6. The Morgan fingerprint density at radius 2 is 1.67 bits per heavy atom. The molecular formula is C21H22N6. The van der Waals surface area contributed by atoms with Crippen molar-refractivity contribution in [2.75, 3.05) is 36.0 Å². The molecule has 6 heteroatoms. The van der Waals surface area contributed by atoms with E-state index in [0.717, 1.165) is 48.7 Å². The predicted molar refractivity (Wildman–Crippen MR) is 109 cm³/mol. The molecule has 0 saturated carbocycles. The first-order valence-corrected chi connectivity index (χ1v) is 9.36. The number of piperazine rings is 1. The molecule has 4 aromatic rings. The van der Waals surface area contributed by atoms with Gasteiger partial charge in [-0.2, -0.15) is 0 Å². The van der Waals surface area contributed by atoms with Crippen molar-refractivity contribution in [2.45, 2.75) is 13.8 Å². The summed E-state index contributed by atoms with van der Waals surface area (Å²) >= 11 is 0. The van der Waals surface area contributed by atoms with Crippen molar-refractivity contribution >= 4 is 28.2 Å². The van der Waals surface area contributed by atoms with E-state index in [1.807, 2.05) is 22.6 Å². The summed E-state index contributed by atoms with van der Waals surface area (Å²) in [5.41, 5.74) is 6.81. The van der Waals surface area contributed by atoms with Crippen LogP contribution in [0.5, 0.6) is 0 Å². The van der Waals surface area contributed by atoms with Crippen LogP contribution in [0.3, 0.4) is 0 Å². The molecule has 1 fully saturated rings. The van der Waals surface area contributed by atoms with E-state index in [1.165, 1.54) is 16.8 Å². The van der Waals surface area contributed by atoms with Gasteiger partial charge in [-0.25, -0.2) is 4.98 Å². The van der Waals surface area contributed by atoms with Crippen molar-refractivity contribution in [1.82, 2.24) is 19.6 Å². The summed E-state index contributed by atoms with van der Waals surface area (Å²) in [5, 5.41) is 8.47. The Labute approximate surface area is 158 Å². The molecule has 1 aliphatic heterocycles. The Bertz CT molecular complexity index is 1120. The zero-order chi connectivity index (χ0) is 18.4. The fourth-order valence-corrected chi connectivity index (χ4v) is 3.92. The standard InChI is InChI=1S/C21H22N6/c1-15-7-8-16(2)19(13-15)25-9-11-26(12-10-25)20-21-24-22-14-27(21)18-6-4-3-5-17(18)23-20/h3-8,13-14H,9-12H2,1-2H3. The van der Waals surface area contributed by atoms with Gasteiger partial charge in [0, 0.05) is 31.9 Å². The van der Waals surface area contributed by atoms with Crippen molar-refractivity contribution in [2.24, 2.45) is 0 Å². The van der Waals surface area contributed by atoms with Crippen molar-refractivity contribution in [3.05, 3.63) is 59.9 Å². The topological polar surface area (TPSA) is 49.6 Å². The van der Waals surface area contributed by atoms with Crippen molar-refractivity contribution in [3.8, 4) is 0 Å². The third-order valence-corrected chi connectivity index (χ3v) is 5.40. The summed E-state index contributed by atoms with van der Waals surface area (Å²) in [7, 11) is 0. The highest BCUT2D eigenvalue weighted by Crippen LogP contribution is 2.27. The molecular weight excluding hydrogens is 336 g/mol. The van der Waals surface area contributed by atoms with Gasteiger partial charge in [0.25, 0.3) is 0 Å². The van der Waals surface area contributed by atoms with E-state index in [0.29, 0.717) is 0 Å². The molecule has 0 spiro atoms. The van der Waals surface area contributed by atoms with Gasteiger partial charge < -0.3 is 9.80 Å². The number of nitrogens with zero attached hydrogens (tertiary/aromatic N) is 6. The van der Waals surface area contributed by atoms with E-state index in [9.17, 15) is 0 Å². The summed E-state index contributed by atoms with van der Waals surface area (Å²) in [6, 6.07) is 14.8. The maximum Gasteiger partial charge on any atom is 0.204 e. The summed E-state index contributed by atoms with van der Waals surface area (Å²) in [6.45, 7) is 8.12. The van der Waals surface area contributed by atoms with Gasteiger partial charge >= 0.3 is 0 Å². The number of rotatable bonds is 2. The van der Waals surface area contributed by atoms with Crippen LogP contribution in [0.25, 0.3) is 16.7 Å². The van der Waals surface area contributed by atoms with Crippen LogP contribution in [-0.2, 0) is 0 Å². The van der Waals surface area contributed by atoms with Gasteiger partial charge in [-0.05, 0) is 43.2 Å².